The Kier molecular flexibility index (Phi) is 4.65. The van der Waals surface area contributed by atoms with Gasteiger partial charge in [0.05, 0.1) is 18.2 Å². The zero-order valence-corrected chi connectivity index (χ0v) is 14.9. The van der Waals surface area contributed by atoms with Crippen molar-refractivity contribution in [1.82, 2.24) is 14.7 Å². The molecule has 2 amide bonds. The second kappa shape index (κ2) is 6.57. The number of nitrogens with one attached hydrogen (secondary N) is 1. The van der Waals surface area contributed by atoms with E-state index in [9.17, 15) is 9.59 Å². The molecule has 0 spiro atoms. The number of rotatable bonds is 3. The lowest BCUT2D eigenvalue weighted by molar-refractivity contribution is -0.131. The second-order valence-corrected chi connectivity index (χ2v) is 8.02. The molecule has 132 valence electrons. The number of hydrogen-bond donors (Lipinski definition) is 1. The Morgan fingerprint density at radius 3 is 2.58 bits per heavy atom. The van der Waals surface area contributed by atoms with Crippen molar-refractivity contribution < 1.29 is 9.59 Å². The van der Waals surface area contributed by atoms with Gasteiger partial charge >= 0.3 is 0 Å². The standard InChI is InChI=1S/C18H28N4O2/c1-18(2,3)21-12-13(11-16(21)23)17(24)20-15-9-10-19-22(15)14-7-5-4-6-8-14/h9-10,13-14H,4-8,11-12H2,1-3H3,(H,20,24). The van der Waals surface area contributed by atoms with Gasteiger partial charge in [-0.1, -0.05) is 19.3 Å². The fraction of sp³-hybridized carbons (Fsp3) is 0.722. The van der Waals surface area contributed by atoms with Gasteiger partial charge in [-0.3, -0.25) is 9.59 Å². The Morgan fingerprint density at radius 1 is 1.25 bits per heavy atom. The van der Waals surface area contributed by atoms with Crippen LogP contribution in [0.5, 0.6) is 0 Å². The zero-order chi connectivity index (χ0) is 17.3. The molecule has 3 rings (SSSR count). The number of anilines is 1. The zero-order valence-electron chi connectivity index (χ0n) is 14.9. The van der Waals surface area contributed by atoms with Crippen LogP contribution in [-0.2, 0) is 9.59 Å². The minimum absolute atomic E-state index is 0.0587. The smallest absolute Gasteiger partial charge is 0.230 e. The van der Waals surface area contributed by atoms with E-state index >= 15 is 0 Å². The lowest BCUT2D eigenvalue weighted by atomic mass is 9.96. The minimum atomic E-state index is -0.286. The number of nitrogens with zero attached hydrogens (tertiary/aromatic N) is 3. The first-order chi connectivity index (χ1) is 11.4. The molecule has 0 bridgehead atoms. The Morgan fingerprint density at radius 2 is 1.96 bits per heavy atom. The average molecular weight is 332 g/mol. The molecule has 6 nitrogen and oxygen atoms in total. The van der Waals surface area contributed by atoms with Crippen LogP contribution in [0.15, 0.2) is 12.3 Å². The van der Waals surface area contributed by atoms with E-state index in [1.165, 1.54) is 19.3 Å². The summed E-state index contributed by atoms with van der Waals surface area (Å²) in [6, 6.07) is 2.23. The summed E-state index contributed by atoms with van der Waals surface area (Å²) in [4.78, 5) is 26.6. The van der Waals surface area contributed by atoms with E-state index in [1.807, 2.05) is 31.5 Å². The summed E-state index contributed by atoms with van der Waals surface area (Å²) in [5.41, 5.74) is -0.240. The third-order valence-electron chi connectivity index (χ3n) is 5.15. The van der Waals surface area contributed by atoms with Gasteiger partial charge in [0.25, 0.3) is 0 Å². The van der Waals surface area contributed by atoms with Gasteiger partial charge in [0, 0.05) is 24.6 Å². The van der Waals surface area contributed by atoms with Crippen molar-refractivity contribution in [3.63, 3.8) is 0 Å². The number of aromatic nitrogens is 2. The van der Waals surface area contributed by atoms with Crippen LogP contribution in [0.3, 0.4) is 0 Å². The summed E-state index contributed by atoms with van der Waals surface area (Å²) >= 11 is 0. The summed E-state index contributed by atoms with van der Waals surface area (Å²) in [7, 11) is 0. The summed E-state index contributed by atoms with van der Waals surface area (Å²) < 4.78 is 1.95. The van der Waals surface area contributed by atoms with Crippen LogP contribution < -0.4 is 5.32 Å². The lowest BCUT2D eigenvalue weighted by Gasteiger charge is -2.32. The largest absolute Gasteiger partial charge is 0.337 e. The predicted octanol–water partition coefficient (Wildman–Crippen LogP) is 2.97. The first-order valence-corrected chi connectivity index (χ1v) is 9.01. The maximum Gasteiger partial charge on any atom is 0.230 e. The Balaban J connectivity index is 1.66. The van der Waals surface area contributed by atoms with Crippen molar-refractivity contribution in [1.29, 1.82) is 0 Å². The van der Waals surface area contributed by atoms with Crippen LogP contribution in [0.4, 0.5) is 5.82 Å². The fourth-order valence-electron chi connectivity index (χ4n) is 3.79. The molecule has 2 fully saturated rings. The monoisotopic (exact) mass is 332 g/mol. The van der Waals surface area contributed by atoms with Gasteiger partial charge in [-0.2, -0.15) is 5.10 Å². The van der Waals surface area contributed by atoms with Gasteiger partial charge < -0.3 is 10.2 Å². The molecule has 1 aliphatic heterocycles. The van der Waals surface area contributed by atoms with Crippen molar-refractivity contribution in [2.24, 2.45) is 5.92 Å². The first kappa shape index (κ1) is 17.0. The molecule has 0 aromatic carbocycles. The molecule has 24 heavy (non-hydrogen) atoms. The molecule has 1 unspecified atom stereocenters. The first-order valence-electron chi connectivity index (χ1n) is 9.01. The SMILES string of the molecule is CC(C)(C)N1CC(C(=O)Nc2ccnn2C2CCCCC2)CC1=O. The predicted molar refractivity (Wildman–Crippen MR) is 92.6 cm³/mol. The van der Waals surface area contributed by atoms with Gasteiger partial charge in [-0.25, -0.2) is 4.68 Å². The Hall–Kier alpha value is -1.85. The van der Waals surface area contributed by atoms with Gasteiger partial charge in [0.15, 0.2) is 0 Å². The number of hydrogen-bond acceptors (Lipinski definition) is 3. The van der Waals surface area contributed by atoms with Crippen LogP contribution in [0.2, 0.25) is 0 Å². The van der Waals surface area contributed by atoms with Crippen molar-refractivity contribution >= 4 is 17.6 Å². The summed E-state index contributed by atoms with van der Waals surface area (Å²) in [5, 5.41) is 7.42. The molecule has 1 saturated carbocycles. The van der Waals surface area contributed by atoms with E-state index in [1.54, 1.807) is 11.1 Å². The molecular formula is C18H28N4O2. The maximum absolute atomic E-state index is 12.6. The molecule has 1 aromatic rings. The van der Waals surface area contributed by atoms with Crippen LogP contribution in [0.1, 0.15) is 65.3 Å². The fourth-order valence-corrected chi connectivity index (χ4v) is 3.79. The van der Waals surface area contributed by atoms with Gasteiger partial charge in [-0.05, 0) is 33.6 Å². The van der Waals surface area contributed by atoms with Crippen molar-refractivity contribution in [2.45, 2.75) is 70.9 Å². The Labute approximate surface area is 143 Å². The van der Waals surface area contributed by atoms with Crippen LogP contribution in [0.25, 0.3) is 0 Å². The van der Waals surface area contributed by atoms with Crippen LogP contribution in [-0.4, -0.2) is 38.6 Å². The molecule has 1 N–H and O–H groups in total. The van der Waals surface area contributed by atoms with E-state index in [4.69, 9.17) is 0 Å². The molecule has 1 atom stereocenters. The second-order valence-electron chi connectivity index (χ2n) is 8.02. The van der Waals surface area contributed by atoms with Crippen LogP contribution >= 0.6 is 0 Å². The highest BCUT2D eigenvalue weighted by molar-refractivity contribution is 5.96. The van der Waals surface area contributed by atoms with Gasteiger partial charge in [0.1, 0.15) is 5.82 Å². The highest BCUT2D eigenvalue weighted by Crippen LogP contribution is 2.31. The highest BCUT2D eigenvalue weighted by Gasteiger charge is 2.39. The topological polar surface area (TPSA) is 67.2 Å². The van der Waals surface area contributed by atoms with Gasteiger partial charge in [0.2, 0.25) is 11.8 Å². The average Bonchev–Trinajstić information content (AvgIpc) is 3.14. The molecule has 0 radical (unpaired) electrons. The molecule has 2 aliphatic rings. The maximum atomic E-state index is 12.6. The minimum Gasteiger partial charge on any atom is -0.337 e. The quantitative estimate of drug-likeness (QED) is 0.925. The normalized spacial score (nSPS) is 22.9. The van der Waals surface area contributed by atoms with Crippen molar-refractivity contribution in [3.8, 4) is 0 Å². The summed E-state index contributed by atoms with van der Waals surface area (Å²) in [6.07, 6.45) is 7.98. The lowest BCUT2D eigenvalue weighted by Crippen LogP contribution is -2.42. The van der Waals surface area contributed by atoms with E-state index in [-0.39, 0.29) is 23.3 Å². The van der Waals surface area contributed by atoms with E-state index in [0.717, 1.165) is 18.7 Å². The molecule has 1 aliphatic carbocycles. The molecule has 1 aromatic heterocycles. The van der Waals surface area contributed by atoms with Crippen molar-refractivity contribution in [2.75, 3.05) is 11.9 Å². The summed E-state index contributed by atoms with van der Waals surface area (Å²) in [6.45, 7) is 6.50. The highest BCUT2D eigenvalue weighted by atomic mass is 16.2. The molecule has 6 heteroatoms. The van der Waals surface area contributed by atoms with Crippen LogP contribution in [0, 0.1) is 5.92 Å². The molecule has 1 saturated heterocycles. The number of likely N-dealkylation sites (tertiary alicyclic amines) is 1. The Bertz CT molecular complexity index is 611. The third-order valence-corrected chi connectivity index (χ3v) is 5.15. The van der Waals surface area contributed by atoms with E-state index in [2.05, 4.69) is 10.4 Å². The number of carbonyl (C=O) groups excluding carboxylic acids is 2. The molecular weight excluding hydrogens is 304 g/mol. The number of amides is 2. The van der Waals surface area contributed by atoms with Gasteiger partial charge in [-0.15, -0.1) is 0 Å². The van der Waals surface area contributed by atoms with E-state index in [0.29, 0.717) is 19.0 Å². The molecule has 2 heterocycles. The van der Waals surface area contributed by atoms with E-state index < -0.39 is 0 Å². The third kappa shape index (κ3) is 3.47. The number of carbonyl (C=O) groups is 2. The van der Waals surface area contributed by atoms with Crippen molar-refractivity contribution in [3.05, 3.63) is 12.3 Å². The summed E-state index contributed by atoms with van der Waals surface area (Å²) in [5.74, 6) is 0.455.